The molecule has 0 bridgehead atoms. The van der Waals surface area contributed by atoms with Crippen LogP contribution in [0, 0.1) is 5.92 Å². The molecule has 2 aromatic heterocycles. The fourth-order valence-electron chi connectivity index (χ4n) is 2.83. The average Bonchev–Trinajstić information content (AvgIpc) is 3.23. The normalized spacial score (nSPS) is 12.4. The fraction of sp³-hybridized carbons (Fsp3) is 0.421. The Hall–Kier alpha value is -3.03. The molecule has 0 aliphatic heterocycles. The number of benzene rings is 1. The van der Waals surface area contributed by atoms with Crippen LogP contribution >= 0.6 is 0 Å². The number of hydrogen-bond donors (Lipinski definition) is 1. The van der Waals surface area contributed by atoms with E-state index in [9.17, 15) is 9.59 Å². The van der Waals surface area contributed by atoms with Crippen molar-refractivity contribution in [3.63, 3.8) is 0 Å². The summed E-state index contributed by atoms with van der Waals surface area (Å²) in [6.07, 6.45) is 0.671. The number of nitrogens with zero attached hydrogens (tertiary/aromatic N) is 2. The summed E-state index contributed by atoms with van der Waals surface area (Å²) in [5.74, 6) is 0.562. The molecule has 0 radical (unpaired) electrons. The molecule has 27 heavy (non-hydrogen) atoms. The van der Waals surface area contributed by atoms with E-state index in [4.69, 9.17) is 13.7 Å². The molecule has 1 N–H and O–H groups in total. The van der Waals surface area contributed by atoms with E-state index < -0.39 is 5.76 Å². The van der Waals surface area contributed by atoms with Crippen LogP contribution in [0.3, 0.4) is 0 Å². The molecule has 0 aliphatic carbocycles. The van der Waals surface area contributed by atoms with Gasteiger partial charge in [0.1, 0.15) is 5.76 Å². The predicted molar refractivity (Wildman–Crippen MR) is 98.6 cm³/mol. The number of amides is 1. The van der Waals surface area contributed by atoms with E-state index in [2.05, 4.69) is 10.5 Å². The molecule has 0 unspecified atom stereocenters. The summed E-state index contributed by atoms with van der Waals surface area (Å²) in [7, 11) is 1.50. The van der Waals surface area contributed by atoms with Gasteiger partial charge in [0.2, 0.25) is 5.91 Å². The van der Waals surface area contributed by atoms with Crippen LogP contribution in [0.5, 0.6) is 5.88 Å². The molecule has 1 aromatic carbocycles. The van der Waals surface area contributed by atoms with Gasteiger partial charge < -0.3 is 19.0 Å². The van der Waals surface area contributed by atoms with Crippen molar-refractivity contribution in [3.05, 3.63) is 46.6 Å². The number of fused-ring (bicyclic) bond motifs is 1. The second-order valence-electron chi connectivity index (χ2n) is 6.70. The number of carbonyl (C=O) groups excluding carboxylic acids is 1. The van der Waals surface area contributed by atoms with Gasteiger partial charge in [0, 0.05) is 31.5 Å². The Morgan fingerprint density at radius 3 is 2.81 bits per heavy atom. The monoisotopic (exact) mass is 373 g/mol. The lowest BCUT2D eigenvalue weighted by molar-refractivity contribution is -0.122. The number of nitrogens with one attached hydrogen (secondary N) is 1. The summed E-state index contributed by atoms with van der Waals surface area (Å²) in [5, 5.41) is 6.72. The maximum Gasteiger partial charge on any atom is 0.420 e. The van der Waals surface area contributed by atoms with Gasteiger partial charge in [-0.3, -0.25) is 9.36 Å². The first-order valence-corrected chi connectivity index (χ1v) is 8.85. The van der Waals surface area contributed by atoms with Gasteiger partial charge in [-0.1, -0.05) is 26.0 Å². The molecule has 0 aliphatic rings. The molecule has 2 heterocycles. The lowest BCUT2D eigenvalue weighted by Crippen LogP contribution is -2.43. The number of oxazole rings is 1. The van der Waals surface area contributed by atoms with Crippen LogP contribution in [0.2, 0.25) is 0 Å². The van der Waals surface area contributed by atoms with Crippen molar-refractivity contribution in [2.24, 2.45) is 5.92 Å². The number of para-hydroxylation sites is 2. The Bertz CT molecular complexity index is 969. The van der Waals surface area contributed by atoms with Crippen LogP contribution in [-0.2, 0) is 17.8 Å². The summed E-state index contributed by atoms with van der Waals surface area (Å²) >= 11 is 0. The van der Waals surface area contributed by atoms with Crippen LogP contribution in [0.25, 0.3) is 11.1 Å². The van der Waals surface area contributed by atoms with Crippen molar-refractivity contribution in [2.45, 2.75) is 39.3 Å². The van der Waals surface area contributed by atoms with Gasteiger partial charge in [-0.05, 0) is 23.2 Å². The maximum absolute atomic E-state index is 12.4. The summed E-state index contributed by atoms with van der Waals surface area (Å²) in [5.41, 5.74) is 1.26. The number of ether oxygens (including phenoxy) is 1. The van der Waals surface area contributed by atoms with Gasteiger partial charge in [-0.2, -0.15) is 0 Å². The largest absolute Gasteiger partial charge is 0.479 e. The number of rotatable bonds is 8. The molecule has 0 saturated heterocycles. The SMILES string of the molecule is COc1cc(CCC(=O)N[C@@H](Cn2c(=O)oc3ccccc32)C(C)C)on1. The van der Waals surface area contributed by atoms with E-state index in [1.807, 2.05) is 32.0 Å². The predicted octanol–water partition coefficient (Wildman–Crippen LogP) is 2.36. The van der Waals surface area contributed by atoms with Crippen molar-refractivity contribution in [3.8, 4) is 5.88 Å². The molecule has 0 spiro atoms. The summed E-state index contributed by atoms with van der Waals surface area (Å²) < 4.78 is 16.9. The number of methoxy groups -OCH3 is 1. The van der Waals surface area contributed by atoms with Gasteiger partial charge in [0.25, 0.3) is 5.88 Å². The van der Waals surface area contributed by atoms with Crippen LogP contribution < -0.4 is 15.8 Å². The molecule has 8 nitrogen and oxygen atoms in total. The van der Waals surface area contributed by atoms with Crippen LogP contribution in [0.1, 0.15) is 26.0 Å². The van der Waals surface area contributed by atoms with E-state index in [0.717, 1.165) is 5.52 Å². The number of carbonyl (C=O) groups is 1. The van der Waals surface area contributed by atoms with E-state index in [1.54, 1.807) is 16.7 Å². The Labute approximate surface area is 156 Å². The third-order valence-corrected chi connectivity index (χ3v) is 4.45. The maximum atomic E-state index is 12.4. The zero-order chi connectivity index (χ0) is 19.4. The molecule has 0 fully saturated rings. The molecular formula is C19H23N3O5. The van der Waals surface area contributed by atoms with Gasteiger partial charge in [-0.15, -0.1) is 0 Å². The first-order valence-electron chi connectivity index (χ1n) is 8.85. The molecule has 144 valence electrons. The van der Waals surface area contributed by atoms with E-state index in [-0.39, 0.29) is 24.3 Å². The Balaban J connectivity index is 1.65. The second-order valence-corrected chi connectivity index (χ2v) is 6.70. The molecule has 3 aromatic rings. The fourth-order valence-corrected chi connectivity index (χ4v) is 2.83. The molecule has 1 amide bonds. The van der Waals surface area contributed by atoms with Crippen molar-refractivity contribution < 1.29 is 18.5 Å². The van der Waals surface area contributed by atoms with E-state index >= 15 is 0 Å². The molecule has 1 atom stereocenters. The molecular weight excluding hydrogens is 350 g/mol. The first-order chi connectivity index (χ1) is 13.0. The Morgan fingerprint density at radius 1 is 1.33 bits per heavy atom. The van der Waals surface area contributed by atoms with E-state index in [0.29, 0.717) is 30.2 Å². The number of aromatic nitrogens is 2. The summed E-state index contributed by atoms with van der Waals surface area (Å²) in [6, 6.07) is 8.70. The van der Waals surface area contributed by atoms with Crippen molar-refractivity contribution >= 4 is 17.0 Å². The van der Waals surface area contributed by atoms with Gasteiger partial charge in [-0.25, -0.2) is 4.79 Å². The standard InChI is InChI=1S/C19H23N3O5/c1-12(2)14(11-22-15-6-4-5-7-16(15)26-19(22)24)20-17(23)9-8-13-10-18(25-3)21-27-13/h4-7,10,12,14H,8-9,11H2,1-3H3,(H,20,23)/t14-/m0/s1. The van der Waals surface area contributed by atoms with Gasteiger partial charge in [0.05, 0.1) is 12.6 Å². The highest BCUT2D eigenvalue weighted by atomic mass is 16.5. The highest BCUT2D eigenvalue weighted by Crippen LogP contribution is 2.15. The second kappa shape index (κ2) is 8.11. The number of hydrogen-bond acceptors (Lipinski definition) is 6. The zero-order valence-corrected chi connectivity index (χ0v) is 15.6. The van der Waals surface area contributed by atoms with Crippen molar-refractivity contribution in [1.82, 2.24) is 15.0 Å². The molecule has 8 heteroatoms. The molecule has 3 rings (SSSR count). The van der Waals surface area contributed by atoms with Crippen LogP contribution in [0.4, 0.5) is 0 Å². The minimum absolute atomic E-state index is 0.120. The summed E-state index contributed by atoms with van der Waals surface area (Å²) in [6.45, 7) is 4.34. The Kier molecular flexibility index (Phi) is 5.63. The van der Waals surface area contributed by atoms with E-state index in [1.165, 1.54) is 7.11 Å². The van der Waals surface area contributed by atoms with Crippen molar-refractivity contribution in [1.29, 1.82) is 0 Å². The minimum atomic E-state index is -0.426. The van der Waals surface area contributed by atoms with Crippen LogP contribution in [-0.4, -0.2) is 28.8 Å². The highest BCUT2D eigenvalue weighted by Gasteiger charge is 2.20. The van der Waals surface area contributed by atoms with Crippen molar-refractivity contribution in [2.75, 3.05) is 7.11 Å². The smallest absolute Gasteiger partial charge is 0.420 e. The first kappa shape index (κ1) is 18.8. The lowest BCUT2D eigenvalue weighted by Gasteiger charge is -2.22. The zero-order valence-electron chi connectivity index (χ0n) is 15.6. The third-order valence-electron chi connectivity index (χ3n) is 4.45. The van der Waals surface area contributed by atoms with Gasteiger partial charge in [0.15, 0.2) is 5.58 Å². The third kappa shape index (κ3) is 4.39. The highest BCUT2D eigenvalue weighted by molar-refractivity contribution is 5.76. The van der Waals surface area contributed by atoms with Gasteiger partial charge >= 0.3 is 5.76 Å². The number of aryl methyl sites for hydroxylation is 1. The minimum Gasteiger partial charge on any atom is -0.479 e. The summed E-state index contributed by atoms with van der Waals surface area (Å²) in [4.78, 5) is 24.5. The lowest BCUT2D eigenvalue weighted by atomic mass is 10.0. The quantitative estimate of drug-likeness (QED) is 0.651. The molecule has 0 saturated carbocycles. The average molecular weight is 373 g/mol. The van der Waals surface area contributed by atoms with Crippen LogP contribution in [0.15, 0.2) is 44.1 Å². The topological polar surface area (TPSA) is 99.5 Å². The Morgan fingerprint density at radius 2 is 2.11 bits per heavy atom.